The van der Waals surface area contributed by atoms with E-state index in [1.54, 1.807) is 54.7 Å². The minimum Gasteiger partial charge on any atom is -0.354 e. The molecular weight excluding hydrogens is 340 g/mol. The van der Waals surface area contributed by atoms with Crippen LogP contribution in [-0.2, 0) is 0 Å². The van der Waals surface area contributed by atoms with Crippen LogP contribution in [0, 0.1) is 11.3 Å². The summed E-state index contributed by atoms with van der Waals surface area (Å²) in [6.45, 7) is 1.51. The number of anilines is 3. The summed E-state index contributed by atoms with van der Waals surface area (Å²) in [6.07, 6.45) is 3.06. The number of pyridine rings is 1. The molecule has 2 aromatic carbocycles. The smallest absolute Gasteiger partial charge is 0.257 e. The maximum absolute atomic E-state index is 12.4. The number of Topliss-reactive ketones (excluding diaryl/α,β-unsaturated/α-hetero) is 1. The molecule has 0 saturated heterocycles. The van der Waals surface area contributed by atoms with Gasteiger partial charge in [0.2, 0.25) is 0 Å². The Bertz CT molecular complexity index is 1040. The number of carbonyl (C=O) groups excluding carboxylic acids is 2. The minimum absolute atomic E-state index is 0.0210. The van der Waals surface area contributed by atoms with E-state index in [1.165, 1.54) is 13.1 Å². The van der Waals surface area contributed by atoms with Gasteiger partial charge in [0.25, 0.3) is 5.91 Å². The van der Waals surface area contributed by atoms with Crippen molar-refractivity contribution in [1.29, 1.82) is 5.26 Å². The molecule has 0 saturated carbocycles. The molecule has 6 nitrogen and oxygen atoms in total. The van der Waals surface area contributed by atoms with Crippen LogP contribution >= 0.6 is 0 Å². The number of aromatic nitrogens is 1. The zero-order chi connectivity index (χ0) is 19.2. The maximum Gasteiger partial charge on any atom is 0.257 e. The number of rotatable bonds is 5. The third-order valence-corrected chi connectivity index (χ3v) is 3.83. The Hall–Kier alpha value is -3.98. The molecule has 1 heterocycles. The van der Waals surface area contributed by atoms with Crippen molar-refractivity contribution >= 4 is 28.8 Å². The molecule has 0 aliphatic rings. The fourth-order valence-corrected chi connectivity index (χ4v) is 2.45. The zero-order valence-corrected chi connectivity index (χ0v) is 14.6. The molecule has 2 N–H and O–H groups in total. The molecular formula is C21H16N4O2. The Morgan fingerprint density at radius 3 is 2.37 bits per heavy atom. The summed E-state index contributed by atoms with van der Waals surface area (Å²) in [6, 6.07) is 17.4. The van der Waals surface area contributed by atoms with Crippen molar-refractivity contribution in [3.8, 4) is 6.07 Å². The first kappa shape index (κ1) is 17.8. The molecule has 1 aromatic heterocycles. The first-order valence-corrected chi connectivity index (χ1v) is 8.20. The average molecular weight is 356 g/mol. The van der Waals surface area contributed by atoms with E-state index in [9.17, 15) is 9.59 Å². The molecule has 0 atom stereocenters. The number of nitriles is 1. The van der Waals surface area contributed by atoms with Gasteiger partial charge < -0.3 is 10.6 Å². The van der Waals surface area contributed by atoms with Gasteiger partial charge in [-0.2, -0.15) is 5.26 Å². The Labute approximate surface area is 156 Å². The Balaban J connectivity index is 1.74. The van der Waals surface area contributed by atoms with Gasteiger partial charge in [0, 0.05) is 23.1 Å². The fraction of sp³-hybridized carbons (Fsp3) is 0.0476. The quantitative estimate of drug-likeness (QED) is 0.670. The highest BCUT2D eigenvalue weighted by atomic mass is 16.1. The average Bonchev–Trinajstić information content (AvgIpc) is 2.69. The van der Waals surface area contributed by atoms with Crippen LogP contribution in [0.25, 0.3) is 0 Å². The monoisotopic (exact) mass is 356 g/mol. The standard InChI is InChI=1S/C21H16N4O2/c1-14(26)16-3-2-4-19(9-16)24-20-10-17(12-23-13-20)21(27)25-18-7-5-15(11-22)6-8-18/h2-10,12-13,24H,1H3,(H,25,27). The topological polar surface area (TPSA) is 94.9 Å². The second kappa shape index (κ2) is 7.93. The van der Waals surface area contributed by atoms with Gasteiger partial charge in [0.05, 0.1) is 29.1 Å². The lowest BCUT2D eigenvalue weighted by atomic mass is 10.1. The summed E-state index contributed by atoms with van der Waals surface area (Å²) >= 11 is 0. The van der Waals surface area contributed by atoms with Gasteiger partial charge in [0.15, 0.2) is 5.78 Å². The van der Waals surface area contributed by atoms with Gasteiger partial charge in [0.1, 0.15) is 0 Å². The van der Waals surface area contributed by atoms with Gasteiger partial charge in [-0.15, -0.1) is 0 Å². The fourth-order valence-electron chi connectivity index (χ4n) is 2.45. The van der Waals surface area contributed by atoms with E-state index in [0.29, 0.717) is 28.1 Å². The molecule has 0 spiro atoms. The van der Waals surface area contributed by atoms with Gasteiger partial charge in [-0.3, -0.25) is 14.6 Å². The maximum atomic E-state index is 12.4. The van der Waals surface area contributed by atoms with E-state index in [4.69, 9.17) is 5.26 Å². The Morgan fingerprint density at radius 2 is 1.67 bits per heavy atom. The van der Waals surface area contributed by atoms with Crippen LogP contribution in [0.5, 0.6) is 0 Å². The molecule has 3 rings (SSSR count). The summed E-state index contributed by atoms with van der Waals surface area (Å²) in [7, 11) is 0. The summed E-state index contributed by atoms with van der Waals surface area (Å²) in [5.41, 5.74) is 3.45. The minimum atomic E-state index is -0.312. The number of nitrogens with one attached hydrogen (secondary N) is 2. The molecule has 0 bridgehead atoms. The normalized spacial score (nSPS) is 9.93. The lowest BCUT2D eigenvalue weighted by molar-refractivity contribution is 0.101. The van der Waals surface area contributed by atoms with Crippen LogP contribution in [0.4, 0.5) is 17.1 Å². The molecule has 27 heavy (non-hydrogen) atoms. The molecule has 132 valence electrons. The van der Waals surface area contributed by atoms with Crippen LogP contribution < -0.4 is 10.6 Å². The summed E-state index contributed by atoms with van der Waals surface area (Å²) in [4.78, 5) is 28.0. The summed E-state index contributed by atoms with van der Waals surface area (Å²) < 4.78 is 0. The summed E-state index contributed by atoms with van der Waals surface area (Å²) in [5, 5.41) is 14.7. The number of benzene rings is 2. The molecule has 0 fully saturated rings. The number of carbonyl (C=O) groups is 2. The van der Waals surface area contributed by atoms with E-state index in [-0.39, 0.29) is 11.7 Å². The first-order valence-electron chi connectivity index (χ1n) is 8.20. The number of hydrogen-bond acceptors (Lipinski definition) is 5. The van der Waals surface area contributed by atoms with E-state index in [2.05, 4.69) is 15.6 Å². The van der Waals surface area contributed by atoms with Crippen LogP contribution in [0.15, 0.2) is 67.0 Å². The molecule has 0 aliphatic heterocycles. The van der Waals surface area contributed by atoms with E-state index in [1.807, 2.05) is 12.1 Å². The zero-order valence-electron chi connectivity index (χ0n) is 14.6. The highest BCUT2D eigenvalue weighted by Gasteiger charge is 2.08. The van der Waals surface area contributed by atoms with Gasteiger partial charge >= 0.3 is 0 Å². The largest absolute Gasteiger partial charge is 0.354 e. The Morgan fingerprint density at radius 1 is 0.926 bits per heavy atom. The van der Waals surface area contributed by atoms with E-state index >= 15 is 0 Å². The number of hydrogen-bond donors (Lipinski definition) is 2. The number of amides is 1. The first-order chi connectivity index (χ1) is 13.0. The predicted octanol–water partition coefficient (Wildman–Crippen LogP) is 4.15. The molecule has 6 heteroatoms. The van der Waals surface area contributed by atoms with Crippen molar-refractivity contribution in [2.75, 3.05) is 10.6 Å². The number of ketones is 1. The summed E-state index contributed by atoms with van der Waals surface area (Å²) in [5.74, 6) is -0.333. The highest BCUT2D eigenvalue weighted by Crippen LogP contribution is 2.19. The van der Waals surface area contributed by atoms with Crippen molar-refractivity contribution in [3.63, 3.8) is 0 Å². The molecule has 1 amide bonds. The van der Waals surface area contributed by atoms with E-state index < -0.39 is 0 Å². The SMILES string of the molecule is CC(=O)c1cccc(Nc2cncc(C(=O)Nc3ccc(C#N)cc3)c2)c1. The molecule has 0 unspecified atom stereocenters. The van der Waals surface area contributed by atoms with Crippen LogP contribution in [0.3, 0.4) is 0 Å². The Kier molecular flexibility index (Phi) is 5.24. The van der Waals surface area contributed by atoms with E-state index in [0.717, 1.165) is 5.69 Å². The number of nitrogens with zero attached hydrogens (tertiary/aromatic N) is 2. The lowest BCUT2D eigenvalue weighted by Crippen LogP contribution is -2.12. The van der Waals surface area contributed by atoms with Gasteiger partial charge in [-0.1, -0.05) is 12.1 Å². The van der Waals surface area contributed by atoms with Gasteiger partial charge in [-0.25, -0.2) is 0 Å². The van der Waals surface area contributed by atoms with Crippen LogP contribution in [0.2, 0.25) is 0 Å². The molecule has 0 radical (unpaired) electrons. The van der Waals surface area contributed by atoms with Crippen molar-refractivity contribution in [1.82, 2.24) is 4.98 Å². The van der Waals surface area contributed by atoms with Crippen LogP contribution in [-0.4, -0.2) is 16.7 Å². The predicted molar refractivity (Wildman–Crippen MR) is 103 cm³/mol. The third kappa shape index (κ3) is 4.55. The van der Waals surface area contributed by atoms with Crippen LogP contribution in [0.1, 0.15) is 33.2 Å². The molecule has 0 aliphatic carbocycles. The van der Waals surface area contributed by atoms with Crippen molar-refractivity contribution in [2.45, 2.75) is 6.92 Å². The second-order valence-electron chi connectivity index (χ2n) is 5.87. The molecule has 3 aromatic rings. The van der Waals surface area contributed by atoms with Crippen molar-refractivity contribution in [3.05, 3.63) is 83.7 Å². The van der Waals surface area contributed by atoms with Crippen molar-refractivity contribution in [2.24, 2.45) is 0 Å². The van der Waals surface area contributed by atoms with Crippen molar-refractivity contribution < 1.29 is 9.59 Å². The second-order valence-corrected chi connectivity index (χ2v) is 5.87. The third-order valence-electron chi connectivity index (χ3n) is 3.83. The van der Waals surface area contributed by atoms with Gasteiger partial charge in [-0.05, 0) is 49.4 Å². The lowest BCUT2D eigenvalue weighted by Gasteiger charge is -2.09. The highest BCUT2D eigenvalue weighted by molar-refractivity contribution is 6.04.